The van der Waals surface area contributed by atoms with Gasteiger partial charge in [-0.1, -0.05) is 30.3 Å². The summed E-state index contributed by atoms with van der Waals surface area (Å²) >= 11 is 0. The number of ether oxygens (including phenoxy) is 1. The maximum Gasteiger partial charge on any atom is 0.374 e. The lowest BCUT2D eigenvalue weighted by Crippen LogP contribution is -2.36. The van der Waals surface area contributed by atoms with Crippen molar-refractivity contribution in [1.82, 2.24) is 4.31 Å². The van der Waals surface area contributed by atoms with Crippen LogP contribution in [-0.4, -0.2) is 44.9 Å². The minimum absolute atomic E-state index is 0. The molecule has 0 bridgehead atoms. The van der Waals surface area contributed by atoms with Crippen LogP contribution in [0.4, 0.5) is 0 Å². The second kappa shape index (κ2) is 10.3. The lowest BCUT2D eigenvalue weighted by molar-refractivity contribution is 0.0483. The molecule has 9 heteroatoms. The Morgan fingerprint density at radius 3 is 2.46 bits per heavy atom. The van der Waals surface area contributed by atoms with Crippen molar-refractivity contribution in [1.29, 1.82) is 0 Å². The average molecular weight is 403 g/mol. The number of esters is 1. The molecule has 0 saturated heterocycles. The summed E-state index contributed by atoms with van der Waals surface area (Å²) in [5.74, 6) is -0.838. The van der Waals surface area contributed by atoms with Crippen molar-refractivity contribution >= 4 is 28.4 Å². The summed E-state index contributed by atoms with van der Waals surface area (Å²) in [5, 5.41) is -0.294. The predicted molar refractivity (Wildman–Crippen MR) is 99.9 cm³/mol. The summed E-state index contributed by atoms with van der Waals surface area (Å²) in [4.78, 5) is 11.6. The Morgan fingerprint density at radius 2 is 1.85 bits per heavy atom. The van der Waals surface area contributed by atoms with E-state index in [0.29, 0.717) is 6.42 Å². The average Bonchev–Trinajstić information content (AvgIpc) is 3.10. The fourth-order valence-electron chi connectivity index (χ4n) is 2.29. The molecular formula is C17H23ClN2O5S. The molecule has 0 aliphatic heterocycles. The molecular weight excluding hydrogens is 380 g/mol. The molecule has 144 valence electrons. The first kappa shape index (κ1) is 22.2. The van der Waals surface area contributed by atoms with Crippen LogP contribution in [0.15, 0.2) is 52.0 Å². The second-order valence-corrected chi connectivity index (χ2v) is 7.14. The minimum Gasteiger partial charge on any atom is -0.460 e. The summed E-state index contributed by atoms with van der Waals surface area (Å²) in [6.07, 6.45) is 0.547. The number of benzene rings is 1. The van der Waals surface area contributed by atoms with Gasteiger partial charge in [0.15, 0.2) is 0 Å². The van der Waals surface area contributed by atoms with Crippen molar-refractivity contribution in [2.75, 3.05) is 26.2 Å². The Bertz CT molecular complexity index is 792. The number of halogens is 1. The highest BCUT2D eigenvalue weighted by atomic mass is 35.5. The molecule has 0 aliphatic rings. The number of nitrogens with two attached hydrogens (primary N) is 1. The van der Waals surface area contributed by atoms with Gasteiger partial charge in [-0.05, 0) is 31.0 Å². The first-order chi connectivity index (χ1) is 12.0. The molecule has 26 heavy (non-hydrogen) atoms. The molecule has 0 radical (unpaired) electrons. The number of hydrogen-bond acceptors (Lipinski definition) is 6. The normalized spacial score (nSPS) is 11.2. The molecule has 1 heterocycles. The van der Waals surface area contributed by atoms with Crippen LogP contribution >= 0.6 is 12.4 Å². The van der Waals surface area contributed by atoms with Crippen LogP contribution in [0.2, 0.25) is 0 Å². The molecule has 0 amide bonds. The Kier molecular flexibility index (Phi) is 8.80. The van der Waals surface area contributed by atoms with E-state index in [-0.39, 0.29) is 49.5 Å². The van der Waals surface area contributed by atoms with E-state index in [1.54, 1.807) is 6.92 Å². The van der Waals surface area contributed by atoms with Crippen molar-refractivity contribution in [3.05, 3.63) is 53.8 Å². The van der Waals surface area contributed by atoms with Gasteiger partial charge >= 0.3 is 5.97 Å². The fourth-order valence-corrected chi connectivity index (χ4v) is 3.66. The third-order valence-electron chi connectivity index (χ3n) is 3.52. The van der Waals surface area contributed by atoms with E-state index >= 15 is 0 Å². The molecule has 2 rings (SSSR count). The fraction of sp³-hybridized carbons (Fsp3) is 0.353. The van der Waals surface area contributed by atoms with Gasteiger partial charge < -0.3 is 14.9 Å². The van der Waals surface area contributed by atoms with Crippen molar-refractivity contribution in [2.24, 2.45) is 5.73 Å². The number of hydrogen-bond donors (Lipinski definition) is 1. The van der Waals surface area contributed by atoms with Gasteiger partial charge in [0.1, 0.15) is 0 Å². The molecule has 2 N–H and O–H groups in total. The molecule has 0 saturated carbocycles. The molecule has 0 fully saturated rings. The highest BCUT2D eigenvalue weighted by Crippen LogP contribution is 2.20. The van der Waals surface area contributed by atoms with Gasteiger partial charge in [-0.25, -0.2) is 13.2 Å². The summed E-state index contributed by atoms with van der Waals surface area (Å²) < 4.78 is 36.8. The number of carbonyl (C=O) groups excluding carboxylic acids is 1. The zero-order chi connectivity index (χ0) is 18.3. The summed E-state index contributed by atoms with van der Waals surface area (Å²) in [6, 6.07) is 12.1. The second-order valence-electron chi connectivity index (χ2n) is 5.27. The van der Waals surface area contributed by atoms with Crippen LogP contribution < -0.4 is 5.73 Å². The smallest absolute Gasteiger partial charge is 0.374 e. The number of carbonyl (C=O) groups is 1. The first-order valence-corrected chi connectivity index (χ1v) is 9.44. The van der Waals surface area contributed by atoms with Crippen LogP contribution in [-0.2, 0) is 21.2 Å². The lowest BCUT2D eigenvalue weighted by Gasteiger charge is -2.20. The zero-order valence-corrected chi connectivity index (χ0v) is 16.1. The van der Waals surface area contributed by atoms with Crippen LogP contribution in [0.5, 0.6) is 0 Å². The third-order valence-corrected chi connectivity index (χ3v) is 5.30. The van der Waals surface area contributed by atoms with Gasteiger partial charge in [-0.15, -0.1) is 12.4 Å². The summed E-state index contributed by atoms with van der Waals surface area (Å²) in [7, 11) is -3.88. The van der Waals surface area contributed by atoms with Crippen molar-refractivity contribution in [3.63, 3.8) is 0 Å². The molecule has 2 aromatic rings. The number of sulfonamides is 1. The molecule has 0 unspecified atom stereocenters. The topological polar surface area (TPSA) is 103 Å². The highest BCUT2D eigenvalue weighted by Gasteiger charge is 2.28. The molecule has 0 spiro atoms. The van der Waals surface area contributed by atoms with E-state index in [0.717, 1.165) is 5.56 Å². The van der Waals surface area contributed by atoms with Gasteiger partial charge in [0.25, 0.3) is 10.0 Å². The number of rotatable bonds is 9. The van der Waals surface area contributed by atoms with E-state index in [1.165, 1.54) is 16.4 Å². The maximum atomic E-state index is 12.8. The predicted octanol–water partition coefficient (Wildman–Crippen LogP) is 2.07. The number of furan rings is 1. The Hall–Kier alpha value is -1.87. The molecule has 0 atom stereocenters. The van der Waals surface area contributed by atoms with Crippen LogP contribution in [0, 0.1) is 0 Å². The van der Waals surface area contributed by atoms with Crippen molar-refractivity contribution in [3.8, 4) is 0 Å². The molecule has 7 nitrogen and oxygen atoms in total. The molecule has 1 aromatic carbocycles. The monoisotopic (exact) mass is 402 g/mol. The van der Waals surface area contributed by atoms with Gasteiger partial charge in [0, 0.05) is 19.6 Å². The van der Waals surface area contributed by atoms with E-state index in [1.807, 2.05) is 30.3 Å². The van der Waals surface area contributed by atoms with Crippen molar-refractivity contribution < 1.29 is 22.4 Å². The van der Waals surface area contributed by atoms with Gasteiger partial charge in [0.2, 0.25) is 10.9 Å². The Morgan fingerprint density at radius 1 is 1.15 bits per heavy atom. The number of nitrogens with zero attached hydrogens (tertiary/aromatic N) is 1. The first-order valence-electron chi connectivity index (χ1n) is 8.00. The lowest BCUT2D eigenvalue weighted by atomic mass is 10.1. The van der Waals surface area contributed by atoms with Crippen LogP contribution in [0.25, 0.3) is 0 Å². The van der Waals surface area contributed by atoms with E-state index in [9.17, 15) is 13.2 Å². The maximum absolute atomic E-state index is 12.8. The standard InChI is InChI=1S/C17H22N2O5S.ClH/c1-2-23-17(20)15-8-9-16(24-15)25(21,22)19(13-11-18)12-10-14-6-4-3-5-7-14;/h3-9H,2,10-13,18H2,1H3;1H. The van der Waals surface area contributed by atoms with Crippen molar-refractivity contribution in [2.45, 2.75) is 18.4 Å². The van der Waals surface area contributed by atoms with E-state index in [2.05, 4.69) is 0 Å². The van der Waals surface area contributed by atoms with E-state index < -0.39 is 16.0 Å². The quantitative estimate of drug-likeness (QED) is 0.644. The third kappa shape index (κ3) is 5.57. The van der Waals surface area contributed by atoms with Crippen LogP contribution in [0.3, 0.4) is 0 Å². The molecule has 1 aromatic heterocycles. The SMILES string of the molecule is CCOC(=O)c1ccc(S(=O)(=O)N(CCN)CCc2ccccc2)o1.Cl. The van der Waals surface area contributed by atoms with Gasteiger partial charge in [-0.2, -0.15) is 4.31 Å². The van der Waals surface area contributed by atoms with E-state index in [4.69, 9.17) is 14.9 Å². The Balaban J connectivity index is 0.00000338. The highest BCUT2D eigenvalue weighted by molar-refractivity contribution is 7.89. The summed E-state index contributed by atoms with van der Waals surface area (Å²) in [5.41, 5.74) is 6.58. The van der Waals surface area contributed by atoms with Gasteiger partial charge in [0.05, 0.1) is 6.61 Å². The minimum atomic E-state index is -3.88. The summed E-state index contributed by atoms with van der Waals surface area (Å²) in [6.45, 7) is 2.44. The van der Waals surface area contributed by atoms with Gasteiger partial charge in [-0.3, -0.25) is 0 Å². The Labute approximate surface area is 159 Å². The van der Waals surface area contributed by atoms with Crippen LogP contribution in [0.1, 0.15) is 23.0 Å². The molecule has 0 aliphatic carbocycles. The largest absolute Gasteiger partial charge is 0.460 e. The zero-order valence-electron chi connectivity index (χ0n) is 14.5.